The summed E-state index contributed by atoms with van der Waals surface area (Å²) in [4.78, 5) is 25.9. The maximum Gasteiger partial charge on any atom is 0.305 e. The Hall–Kier alpha value is -2.34. The van der Waals surface area contributed by atoms with Gasteiger partial charge in [0.1, 0.15) is 0 Å². The first-order valence-corrected chi connectivity index (χ1v) is 8.22. The van der Waals surface area contributed by atoms with Crippen molar-refractivity contribution in [3.8, 4) is 0 Å². The number of benzene rings is 1. The van der Waals surface area contributed by atoms with E-state index in [1.54, 1.807) is 4.90 Å². The Morgan fingerprint density at radius 2 is 2.04 bits per heavy atom. The van der Waals surface area contributed by atoms with Gasteiger partial charge in [-0.1, -0.05) is 6.07 Å². The molecule has 0 saturated carbocycles. The molecule has 1 saturated heterocycles. The van der Waals surface area contributed by atoms with Crippen LogP contribution >= 0.6 is 0 Å². The van der Waals surface area contributed by atoms with Crippen molar-refractivity contribution < 1.29 is 19.4 Å². The molecule has 0 radical (unpaired) electrons. The summed E-state index contributed by atoms with van der Waals surface area (Å²) < 4.78 is 7.35. The number of carboxylic acids is 1. The maximum atomic E-state index is 13.2. The summed E-state index contributed by atoms with van der Waals surface area (Å²) in [5.41, 5.74) is 1.62. The van der Waals surface area contributed by atoms with Gasteiger partial charge in [-0.2, -0.15) is 0 Å². The van der Waals surface area contributed by atoms with Gasteiger partial charge in [-0.05, 0) is 31.0 Å². The predicted molar refractivity (Wildman–Crippen MR) is 90.0 cm³/mol. The highest BCUT2D eigenvalue weighted by Gasteiger charge is 2.28. The van der Waals surface area contributed by atoms with Crippen LogP contribution in [0, 0.1) is 0 Å². The van der Waals surface area contributed by atoms with Gasteiger partial charge in [-0.15, -0.1) is 0 Å². The van der Waals surface area contributed by atoms with Crippen LogP contribution in [0.3, 0.4) is 0 Å². The Balaban J connectivity index is 1.92. The molecule has 1 aliphatic heterocycles. The molecule has 0 unspecified atom stereocenters. The maximum absolute atomic E-state index is 13.2. The number of aliphatic carboxylic acids is 1. The Morgan fingerprint density at radius 3 is 2.75 bits per heavy atom. The molecule has 0 spiro atoms. The van der Waals surface area contributed by atoms with E-state index >= 15 is 0 Å². The summed E-state index contributed by atoms with van der Waals surface area (Å²) in [6.45, 7) is 1.44. The zero-order valence-electron chi connectivity index (χ0n) is 13.8. The molecule has 1 aromatic carbocycles. The normalized spacial score (nSPS) is 15.5. The van der Waals surface area contributed by atoms with Gasteiger partial charge >= 0.3 is 5.97 Å². The molecule has 6 heteroatoms. The van der Waals surface area contributed by atoms with Crippen LogP contribution in [0.15, 0.2) is 30.5 Å². The minimum Gasteiger partial charge on any atom is -0.481 e. The molecule has 1 fully saturated rings. The number of carbonyl (C=O) groups is 2. The van der Waals surface area contributed by atoms with Crippen LogP contribution in [-0.2, 0) is 16.6 Å². The van der Waals surface area contributed by atoms with Crippen LogP contribution in [0.2, 0.25) is 0 Å². The van der Waals surface area contributed by atoms with Crippen molar-refractivity contribution in [2.45, 2.75) is 25.3 Å². The fourth-order valence-corrected chi connectivity index (χ4v) is 3.31. The summed E-state index contributed by atoms with van der Waals surface area (Å²) >= 11 is 0. The first kappa shape index (κ1) is 16.5. The van der Waals surface area contributed by atoms with E-state index in [1.165, 1.54) is 0 Å². The van der Waals surface area contributed by atoms with E-state index < -0.39 is 5.97 Å². The number of amides is 1. The van der Waals surface area contributed by atoms with Crippen LogP contribution in [-0.4, -0.2) is 52.3 Å². The molecule has 1 amide bonds. The second-order valence-electron chi connectivity index (χ2n) is 6.15. The van der Waals surface area contributed by atoms with E-state index in [2.05, 4.69) is 0 Å². The highest BCUT2D eigenvalue weighted by molar-refractivity contribution is 6.06. The number of ether oxygens (including phenoxy) is 1. The van der Waals surface area contributed by atoms with Gasteiger partial charge in [0, 0.05) is 55.5 Å². The molecular formula is C18H22N2O4. The van der Waals surface area contributed by atoms with Gasteiger partial charge in [-0.3, -0.25) is 9.59 Å². The summed E-state index contributed by atoms with van der Waals surface area (Å²) in [5.74, 6) is -0.988. The molecule has 1 aromatic heterocycles. The van der Waals surface area contributed by atoms with Crippen molar-refractivity contribution in [1.29, 1.82) is 0 Å². The Kier molecular flexibility index (Phi) is 4.85. The third-order valence-electron chi connectivity index (χ3n) is 4.62. The Labute approximate surface area is 140 Å². The quantitative estimate of drug-likeness (QED) is 0.913. The number of nitrogens with zero attached hydrogens (tertiary/aromatic N) is 2. The molecule has 24 heavy (non-hydrogen) atoms. The molecule has 0 bridgehead atoms. The summed E-state index contributed by atoms with van der Waals surface area (Å²) in [6, 6.07) is 7.63. The van der Waals surface area contributed by atoms with Gasteiger partial charge in [0.05, 0.1) is 6.42 Å². The summed E-state index contributed by atoms with van der Waals surface area (Å²) in [6.07, 6.45) is 3.37. The average Bonchev–Trinajstić information content (AvgIpc) is 2.97. The lowest BCUT2D eigenvalue weighted by atomic mass is 10.0. The fourth-order valence-electron chi connectivity index (χ4n) is 3.31. The molecule has 128 valence electrons. The number of hydrogen-bond acceptors (Lipinski definition) is 3. The molecular weight excluding hydrogens is 308 g/mol. The van der Waals surface area contributed by atoms with Gasteiger partial charge < -0.3 is 19.3 Å². The number of aromatic nitrogens is 1. The van der Waals surface area contributed by atoms with Crippen molar-refractivity contribution in [2.24, 2.45) is 7.05 Å². The molecule has 1 aliphatic rings. The lowest BCUT2D eigenvalue weighted by molar-refractivity contribution is -0.137. The van der Waals surface area contributed by atoms with E-state index in [9.17, 15) is 9.59 Å². The highest BCUT2D eigenvalue weighted by atomic mass is 16.5. The van der Waals surface area contributed by atoms with Crippen LogP contribution in [0.25, 0.3) is 10.9 Å². The number of carbonyl (C=O) groups excluding carboxylic acids is 1. The predicted octanol–water partition coefficient (Wildman–Crippen LogP) is 2.27. The number of carboxylic acid groups (broad SMARTS) is 1. The van der Waals surface area contributed by atoms with Crippen molar-refractivity contribution >= 4 is 22.8 Å². The largest absolute Gasteiger partial charge is 0.481 e. The monoisotopic (exact) mass is 330 g/mol. The van der Waals surface area contributed by atoms with E-state index in [4.69, 9.17) is 9.84 Å². The van der Waals surface area contributed by atoms with Crippen LogP contribution < -0.4 is 0 Å². The van der Waals surface area contributed by atoms with Crippen LogP contribution in [0.4, 0.5) is 0 Å². The Morgan fingerprint density at radius 1 is 1.29 bits per heavy atom. The molecule has 2 heterocycles. The minimum absolute atomic E-state index is 0.0320. The zero-order chi connectivity index (χ0) is 17.1. The molecule has 6 nitrogen and oxygen atoms in total. The van der Waals surface area contributed by atoms with Gasteiger partial charge in [0.25, 0.3) is 5.91 Å². The van der Waals surface area contributed by atoms with Crippen molar-refractivity contribution in [2.75, 3.05) is 19.8 Å². The first-order valence-electron chi connectivity index (χ1n) is 8.22. The number of fused-ring (bicyclic) bond motifs is 1. The minimum atomic E-state index is -0.891. The van der Waals surface area contributed by atoms with Crippen LogP contribution in [0.1, 0.15) is 29.6 Å². The van der Waals surface area contributed by atoms with Gasteiger partial charge in [0.2, 0.25) is 0 Å². The fraction of sp³-hybridized carbons (Fsp3) is 0.444. The van der Waals surface area contributed by atoms with Crippen LogP contribution in [0.5, 0.6) is 0 Å². The molecule has 3 rings (SSSR count). The van der Waals surface area contributed by atoms with Gasteiger partial charge in [0.15, 0.2) is 0 Å². The lowest BCUT2D eigenvalue weighted by Crippen LogP contribution is -2.44. The smallest absolute Gasteiger partial charge is 0.305 e. The van der Waals surface area contributed by atoms with E-state index in [0.29, 0.717) is 18.8 Å². The highest BCUT2D eigenvalue weighted by Crippen LogP contribution is 2.24. The first-order chi connectivity index (χ1) is 11.6. The third-order valence-corrected chi connectivity index (χ3v) is 4.62. The summed E-state index contributed by atoms with van der Waals surface area (Å²) in [7, 11) is 1.94. The van der Waals surface area contributed by atoms with Crippen molar-refractivity contribution in [3.63, 3.8) is 0 Å². The zero-order valence-corrected chi connectivity index (χ0v) is 13.8. The third kappa shape index (κ3) is 3.28. The number of rotatable bonds is 5. The average molecular weight is 330 g/mol. The number of aryl methyl sites for hydroxylation is 1. The molecule has 1 N–H and O–H groups in total. The Bertz CT molecular complexity index is 747. The molecule has 2 aromatic rings. The van der Waals surface area contributed by atoms with E-state index in [-0.39, 0.29) is 24.9 Å². The van der Waals surface area contributed by atoms with Gasteiger partial charge in [-0.25, -0.2) is 0 Å². The van der Waals surface area contributed by atoms with Crippen molar-refractivity contribution in [3.05, 3.63) is 36.0 Å². The SMILES string of the molecule is Cn1ccc2c(C(=O)N(CCC(=O)O)C3CCOCC3)cccc21. The molecule has 0 aliphatic carbocycles. The van der Waals surface area contributed by atoms with E-state index in [1.807, 2.05) is 42.1 Å². The lowest BCUT2D eigenvalue weighted by Gasteiger charge is -2.34. The molecule has 0 atom stereocenters. The van der Waals surface area contributed by atoms with Crippen molar-refractivity contribution in [1.82, 2.24) is 9.47 Å². The second-order valence-corrected chi connectivity index (χ2v) is 6.15. The number of hydrogen-bond donors (Lipinski definition) is 1. The van der Waals surface area contributed by atoms with E-state index in [0.717, 1.165) is 23.7 Å². The standard InChI is InChI=1S/C18H22N2O4/c1-19-9-5-14-15(3-2-4-16(14)19)18(23)20(10-6-17(21)22)13-7-11-24-12-8-13/h2-5,9,13H,6-8,10-12H2,1H3,(H,21,22). The summed E-state index contributed by atoms with van der Waals surface area (Å²) in [5, 5.41) is 9.92. The second kappa shape index (κ2) is 7.05. The topological polar surface area (TPSA) is 71.8 Å².